The average molecular weight is 236 g/mol. The number of halogens is 1. The molecule has 0 aliphatic carbocycles. The lowest BCUT2D eigenvalue weighted by atomic mass is 9.80. The van der Waals surface area contributed by atoms with Crippen molar-refractivity contribution in [2.75, 3.05) is 0 Å². The van der Waals surface area contributed by atoms with Crippen LogP contribution < -0.4 is 0 Å². The van der Waals surface area contributed by atoms with Crippen LogP contribution in [-0.2, 0) is 5.41 Å². The predicted molar refractivity (Wildman–Crippen MR) is 69.0 cm³/mol. The fourth-order valence-electron chi connectivity index (χ4n) is 1.80. The molecule has 0 atom stereocenters. The number of rotatable bonds is 1. The summed E-state index contributed by atoms with van der Waals surface area (Å²) in [5.41, 5.74) is 3.05. The van der Waals surface area contributed by atoms with Gasteiger partial charge in [0.05, 0.1) is 10.6 Å². The summed E-state index contributed by atoms with van der Waals surface area (Å²) in [4.78, 5) is 0. The van der Waals surface area contributed by atoms with E-state index in [9.17, 15) is 0 Å². The van der Waals surface area contributed by atoms with Crippen LogP contribution in [-0.4, -0.2) is 0 Å². The standard InChI is InChI=1S/C14H18ClN/c1-9(2)11-7-13(15)10(8-16)6-12(11)14(3,4)5/h6-7,9H,1-5H3. The Kier molecular flexibility index (Phi) is 3.65. The van der Waals surface area contributed by atoms with Gasteiger partial charge in [0.15, 0.2) is 0 Å². The molecule has 86 valence electrons. The molecule has 0 aliphatic rings. The molecule has 0 amide bonds. The summed E-state index contributed by atoms with van der Waals surface area (Å²) in [5.74, 6) is 0.416. The Hall–Kier alpha value is -1.00. The monoisotopic (exact) mass is 235 g/mol. The zero-order valence-corrected chi connectivity index (χ0v) is 11.3. The molecule has 0 spiro atoms. The van der Waals surface area contributed by atoms with Crippen molar-refractivity contribution in [2.45, 2.75) is 46.0 Å². The number of hydrogen-bond donors (Lipinski definition) is 0. The van der Waals surface area contributed by atoms with Crippen molar-refractivity contribution in [1.29, 1.82) is 5.26 Å². The number of nitriles is 1. The molecular weight excluding hydrogens is 218 g/mol. The molecule has 1 aromatic carbocycles. The first-order chi connectivity index (χ1) is 7.27. The molecule has 0 heterocycles. The van der Waals surface area contributed by atoms with E-state index in [-0.39, 0.29) is 5.41 Å². The molecule has 0 saturated carbocycles. The van der Waals surface area contributed by atoms with Crippen LogP contribution in [0.5, 0.6) is 0 Å². The minimum Gasteiger partial charge on any atom is -0.192 e. The van der Waals surface area contributed by atoms with Gasteiger partial charge in [-0.3, -0.25) is 0 Å². The highest BCUT2D eigenvalue weighted by atomic mass is 35.5. The third kappa shape index (κ3) is 2.57. The van der Waals surface area contributed by atoms with Gasteiger partial charge in [0.1, 0.15) is 6.07 Å². The Morgan fingerprint density at radius 2 is 1.81 bits per heavy atom. The van der Waals surface area contributed by atoms with Gasteiger partial charge < -0.3 is 0 Å². The fourth-order valence-corrected chi connectivity index (χ4v) is 2.02. The summed E-state index contributed by atoms with van der Waals surface area (Å²) in [6.45, 7) is 10.8. The topological polar surface area (TPSA) is 23.8 Å². The maximum absolute atomic E-state index is 9.00. The van der Waals surface area contributed by atoms with Crippen LogP contribution in [0, 0.1) is 11.3 Å². The summed E-state index contributed by atoms with van der Waals surface area (Å²) < 4.78 is 0. The van der Waals surface area contributed by atoms with Gasteiger partial charge in [-0.2, -0.15) is 5.26 Å². The molecule has 0 bridgehead atoms. The second-order valence-corrected chi connectivity index (χ2v) is 5.84. The van der Waals surface area contributed by atoms with Gasteiger partial charge in [-0.15, -0.1) is 0 Å². The van der Waals surface area contributed by atoms with E-state index in [0.717, 1.165) is 0 Å². The van der Waals surface area contributed by atoms with Gasteiger partial charge in [-0.1, -0.05) is 46.2 Å². The third-order valence-corrected chi connectivity index (χ3v) is 3.00. The molecule has 0 aliphatic heterocycles. The summed E-state index contributed by atoms with van der Waals surface area (Å²) in [7, 11) is 0. The van der Waals surface area contributed by atoms with E-state index >= 15 is 0 Å². The van der Waals surface area contributed by atoms with E-state index < -0.39 is 0 Å². The molecule has 0 saturated heterocycles. The zero-order chi connectivity index (χ0) is 12.5. The molecular formula is C14H18ClN. The minimum absolute atomic E-state index is 0.0375. The molecule has 0 aromatic heterocycles. The quantitative estimate of drug-likeness (QED) is 0.696. The van der Waals surface area contributed by atoms with Gasteiger partial charge in [0, 0.05) is 0 Å². The van der Waals surface area contributed by atoms with Crippen molar-refractivity contribution in [2.24, 2.45) is 0 Å². The van der Waals surface area contributed by atoms with E-state index in [0.29, 0.717) is 16.5 Å². The van der Waals surface area contributed by atoms with Crippen LogP contribution in [0.1, 0.15) is 57.2 Å². The van der Waals surface area contributed by atoms with Crippen molar-refractivity contribution >= 4 is 11.6 Å². The Morgan fingerprint density at radius 3 is 2.19 bits per heavy atom. The van der Waals surface area contributed by atoms with E-state index in [4.69, 9.17) is 16.9 Å². The lowest BCUT2D eigenvalue weighted by molar-refractivity contribution is 0.577. The number of nitrogens with zero attached hydrogens (tertiary/aromatic N) is 1. The minimum atomic E-state index is 0.0375. The molecule has 2 heteroatoms. The smallest absolute Gasteiger partial charge is 0.101 e. The maximum Gasteiger partial charge on any atom is 0.101 e. The lowest BCUT2D eigenvalue weighted by Gasteiger charge is -2.25. The molecule has 0 unspecified atom stereocenters. The van der Waals surface area contributed by atoms with Gasteiger partial charge in [0.2, 0.25) is 0 Å². The molecule has 0 fully saturated rings. The summed E-state index contributed by atoms with van der Waals surface area (Å²) in [5, 5.41) is 9.56. The molecule has 0 N–H and O–H groups in total. The van der Waals surface area contributed by atoms with Crippen LogP contribution in [0.3, 0.4) is 0 Å². The largest absolute Gasteiger partial charge is 0.192 e. The Morgan fingerprint density at radius 1 is 1.25 bits per heavy atom. The number of benzene rings is 1. The predicted octanol–water partition coefficient (Wildman–Crippen LogP) is 4.63. The molecule has 16 heavy (non-hydrogen) atoms. The first kappa shape index (κ1) is 13.1. The maximum atomic E-state index is 9.00. The van der Waals surface area contributed by atoms with Gasteiger partial charge in [-0.25, -0.2) is 0 Å². The summed E-state index contributed by atoms with van der Waals surface area (Å²) >= 11 is 6.07. The van der Waals surface area contributed by atoms with Crippen molar-refractivity contribution in [3.8, 4) is 6.07 Å². The van der Waals surface area contributed by atoms with Gasteiger partial charge in [-0.05, 0) is 34.6 Å². The van der Waals surface area contributed by atoms with E-state index in [1.165, 1.54) is 11.1 Å². The van der Waals surface area contributed by atoms with Crippen molar-refractivity contribution in [3.63, 3.8) is 0 Å². The van der Waals surface area contributed by atoms with E-state index in [2.05, 4.69) is 40.7 Å². The highest BCUT2D eigenvalue weighted by molar-refractivity contribution is 6.31. The fraction of sp³-hybridized carbons (Fsp3) is 0.500. The zero-order valence-electron chi connectivity index (χ0n) is 10.6. The summed E-state index contributed by atoms with van der Waals surface area (Å²) in [6.07, 6.45) is 0. The van der Waals surface area contributed by atoms with E-state index in [1.54, 1.807) is 0 Å². The highest BCUT2D eigenvalue weighted by Crippen LogP contribution is 2.34. The third-order valence-electron chi connectivity index (χ3n) is 2.69. The van der Waals surface area contributed by atoms with Gasteiger partial charge >= 0.3 is 0 Å². The SMILES string of the molecule is CC(C)c1cc(Cl)c(C#N)cc1C(C)(C)C. The van der Waals surface area contributed by atoms with Crippen molar-refractivity contribution in [3.05, 3.63) is 33.8 Å². The normalized spacial score (nSPS) is 11.6. The second kappa shape index (κ2) is 4.47. The Bertz CT molecular complexity index is 433. The number of hydrogen-bond acceptors (Lipinski definition) is 1. The second-order valence-electron chi connectivity index (χ2n) is 5.44. The molecule has 1 rings (SSSR count). The van der Waals surface area contributed by atoms with Crippen molar-refractivity contribution in [1.82, 2.24) is 0 Å². The molecule has 1 aromatic rings. The first-order valence-corrected chi connectivity index (χ1v) is 5.89. The van der Waals surface area contributed by atoms with Crippen LogP contribution in [0.25, 0.3) is 0 Å². The van der Waals surface area contributed by atoms with Crippen molar-refractivity contribution < 1.29 is 0 Å². The van der Waals surface area contributed by atoms with E-state index in [1.807, 2.05) is 12.1 Å². The Labute approximate surface area is 103 Å². The average Bonchev–Trinajstić information content (AvgIpc) is 2.15. The van der Waals surface area contributed by atoms with Crippen LogP contribution in [0.4, 0.5) is 0 Å². The van der Waals surface area contributed by atoms with Gasteiger partial charge in [0.25, 0.3) is 0 Å². The molecule has 0 radical (unpaired) electrons. The highest BCUT2D eigenvalue weighted by Gasteiger charge is 2.21. The first-order valence-electron chi connectivity index (χ1n) is 5.51. The van der Waals surface area contributed by atoms with Crippen LogP contribution in [0.2, 0.25) is 5.02 Å². The van der Waals surface area contributed by atoms with Crippen LogP contribution in [0.15, 0.2) is 12.1 Å². The van der Waals surface area contributed by atoms with Crippen LogP contribution >= 0.6 is 11.6 Å². The Balaban J connectivity index is 3.51. The summed E-state index contributed by atoms with van der Waals surface area (Å²) in [6, 6.07) is 6.01. The lowest BCUT2D eigenvalue weighted by Crippen LogP contribution is -2.15. The molecule has 1 nitrogen and oxygen atoms in total.